The first kappa shape index (κ1) is 15.8. The smallest absolute Gasteiger partial charge is 0.244 e. The molecular weight excluding hydrogens is 310 g/mol. The van der Waals surface area contributed by atoms with Crippen molar-refractivity contribution in [1.82, 2.24) is 19.7 Å². The molecule has 0 spiro atoms. The molecule has 0 aliphatic carbocycles. The topological polar surface area (TPSA) is 96.9 Å². The molecule has 0 aliphatic rings. The van der Waals surface area contributed by atoms with E-state index in [1.807, 2.05) is 13.8 Å². The zero-order valence-corrected chi connectivity index (χ0v) is 13.5. The number of nitrogens with one attached hydrogen (secondary N) is 2. The molecule has 2 heterocycles. The Bertz CT molecular complexity index is 682. The van der Waals surface area contributed by atoms with Gasteiger partial charge >= 0.3 is 0 Å². The lowest BCUT2D eigenvalue weighted by molar-refractivity contribution is 0.580. The van der Waals surface area contributed by atoms with Crippen LogP contribution in [0.5, 0.6) is 0 Å². The van der Waals surface area contributed by atoms with Crippen LogP contribution in [0.1, 0.15) is 23.7 Å². The third-order valence-electron chi connectivity index (χ3n) is 2.64. The highest BCUT2D eigenvalue weighted by Gasteiger charge is 2.15. The molecule has 0 atom stereocenters. The van der Waals surface area contributed by atoms with Gasteiger partial charge in [-0.25, -0.2) is 28.1 Å². The maximum Gasteiger partial charge on any atom is 0.244 e. The van der Waals surface area contributed by atoms with E-state index < -0.39 is 10.0 Å². The molecular formula is C12H17N5O2S2. The van der Waals surface area contributed by atoms with Gasteiger partial charge in [-0.1, -0.05) is 6.92 Å². The Morgan fingerprint density at radius 1 is 1.14 bits per heavy atom. The molecule has 0 fully saturated rings. The Kier molecular flexibility index (Phi) is 5.21. The van der Waals surface area contributed by atoms with E-state index in [-0.39, 0.29) is 11.4 Å². The lowest BCUT2D eigenvalue weighted by Gasteiger charge is -2.05. The van der Waals surface area contributed by atoms with Gasteiger partial charge in [0.05, 0.1) is 18.9 Å². The highest BCUT2D eigenvalue weighted by molar-refractivity contribution is 7.89. The molecule has 2 rings (SSSR count). The van der Waals surface area contributed by atoms with Crippen LogP contribution in [0.15, 0.2) is 23.5 Å². The summed E-state index contributed by atoms with van der Waals surface area (Å²) in [6.45, 7) is 4.79. The van der Waals surface area contributed by atoms with Crippen LogP contribution >= 0.6 is 11.3 Å². The third-order valence-corrected chi connectivity index (χ3v) is 5.13. The zero-order chi connectivity index (χ0) is 15.3. The molecule has 0 unspecified atom stereocenters. The third kappa shape index (κ3) is 4.19. The number of aromatic nitrogens is 3. The van der Waals surface area contributed by atoms with Gasteiger partial charge in [-0.3, -0.25) is 0 Å². The summed E-state index contributed by atoms with van der Waals surface area (Å²) in [6, 6.07) is 0. The minimum Gasteiger partial charge on any atom is -0.355 e. The first-order chi connectivity index (χ1) is 10.0. The van der Waals surface area contributed by atoms with Crippen molar-refractivity contribution in [2.24, 2.45) is 0 Å². The van der Waals surface area contributed by atoms with E-state index in [1.54, 1.807) is 6.20 Å². The number of hydrogen-bond donors (Lipinski definition) is 2. The Hall–Kier alpha value is -1.58. The fraction of sp³-hybridized carbons (Fsp3) is 0.417. The van der Waals surface area contributed by atoms with E-state index in [2.05, 4.69) is 25.0 Å². The number of hydrogen-bond acceptors (Lipinski definition) is 7. The minimum atomic E-state index is -3.62. The maximum atomic E-state index is 12.1. The molecule has 0 radical (unpaired) electrons. The van der Waals surface area contributed by atoms with E-state index in [1.165, 1.54) is 23.7 Å². The van der Waals surface area contributed by atoms with Gasteiger partial charge < -0.3 is 5.32 Å². The van der Waals surface area contributed by atoms with Crippen molar-refractivity contribution in [3.05, 3.63) is 28.5 Å². The molecule has 2 aromatic rings. The first-order valence-electron chi connectivity index (χ1n) is 6.54. The number of aryl methyl sites for hydroxylation is 1. The summed E-state index contributed by atoms with van der Waals surface area (Å²) in [5.41, 5.74) is 0. The largest absolute Gasteiger partial charge is 0.355 e. The number of thiazole rings is 1. The summed E-state index contributed by atoms with van der Waals surface area (Å²) >= 11 is 1.50. The molecule has 0 amide bonds. The van der Waals surface area contributed by atoms with Crippen LogP contribution in [0, 0.1) is 0 Å². The monoisotopic (exact) mass is 327 g/mol. The predicted octanol–water partition coefficient (Wildman–Crippen LogP) is 1.41. The highest BCUT2D eigenvalue weighted by atomic mass is 32.2. The molecule has 9 heteroatoms. The van der Waals surface area contributed by atoms with Crippen LogP contribution < -0.4 is 10.0 Å². The summed E-state index contributed by atoms with van der Waals surface area (Å²) in [5, 5.41) is 3.64. The van der Waals surface area contributed by atoms with E-state index in [0.29, 0.717) is 12.5 Å². The molecule has 0 aliphatic heterocycles. The van der Waals surface area contributed by atoms with Gasteiger partial charge in [0.1, 0.15) is 9.90 Å². The van der Waals surface area contributed by atoms with Gasteiger partial charge in [-0.2, -0.15) is 0 Å². The average Bonchev–Trinajstić information content (AvgIpc) is 2.94. The molecule has 2 N–H and O–H groups in total. The molecule has 7 nitrogen and oxygen atoms in total. The lowest BCUT2D eigenvalue weighted by Crippen LogP contribution is -2.23. The second-order valence-electron chi connectivity index (χ2n) is 4.17. The summed E-state index contributed by atoms with van der Waals surface area (Å²) in [5.74, 6) is 0.406. The highest BCUT2D eigenvalue weighted by Crippen LogP contribution is 2.14. The van der Waals surface area contributed by atoms with Crippen molar-refractivity contribution in [3.8, 4) is 0 Å². The maximum absolute atomic E-state index is 12.1. The SMILES string of the molecule is CCNc1ncc(S(=O)(=O)NCc2ncc(CC)s2)cn1. The normalized spacial score (nSPS) is 11.5. The number of sulfonamides is 1. The predicted molar refractivity (Wildman–Crippen MR) is 81.7 cm³/mol. The van der Waals surface area contributed by atoms with Crippen LogP contribution in [0.2, 0.25) is 0 Å². The van der Waals surface area contributed by atoms with E-state index in [0.717, 1.165) is 16.3 Å². The molecule has 2 aromatic heterocycles. The van der Waals surface area contributed by atoms with Crippen LogP contribution in [-0.2, 0) is 23.0 Å². The minimum absolute atomic E-state index is 0.0384. The first-order valence-corrected chi connectivity index (χ1v) is 8.84. The molecule has 0 aromatic carbocycles. The van der Waals surface area contributed by atoms with Gasteiger partial charge in [-0.15, -0.1) is 11.3 Å². The van der Waals surface area contributed by atoms with Crippen molar-refractivity contribution < 1.29 is 8.42 Å². The van der Waals surface area contributed by atoms with Crippen LogP contribution in [0.25, 0.3) is 0 Å². The number of rotatable bonds is 7. The molecule has 0 saturated heterocycles. The summed E-state index contributed by atoms with van der Waals surface area (Å²) in [6.07, 6.45) is 5.23. The van der Waals surface area contributed by atoms with E-state index in [9.17, 15) is 8.42 Å². The zero-order valence-electron chi connectivity index (χ0n) is 11.8. The Balaban J connectivity index is 2.03. The average molecular weight is 327 g/mol. The second kappa shape index (κ2) is 6.92. The number of anilines is 1. The summed E-state index contributed by atoms with van der Waals surface area (Å²) in [7, 11) is -3.62. The summed E-state index contributed by atoms with van der Waals surface area (Å²) in [4.78, 5) is 13.2. The van der Waals surface area contributed by atoms with E-state index in [4.69, 9.17) is 0 Å². The van der Waals surface area contributed by atoms with Gasteiger partial charge in [0, 0.05) is 17.6 Å². The van der Waals surface area contributed by atoms with Crippen LogP contribution in [0.4, 0.5) is 5.95 Å². The fourth-order valence-electron chi connectivity index (χ4n) is 1.54. The lowest BCUT2D eigenvalue weighted by atomic mass is 10.4. The van der Waals surface area contributed by atoms with Crippen LogP contribution in [0.3, 0.4) is 0 Å². The van der Waals surface area contributed by atoms with Gasteiger partial charge in [0.2, 0.25) is 16.0 Å². The van der Waals surface area contributed by atoms with E-state index >= 15 is 0 Å². The van der Waals surface area contributed by atoms with Gasteiger partial charge in [-0.05, 0) is 13.3 Å². The van der Waals surface area contributed by atoms with Gasteiger partial charge in [0.15, 0.2) is 0 Å². The van der Waals surface area contributed by atoms with Crippen molar-refractivity contribution >= 4 is 27.3 Å². The quantitative estimate of drug-likeness (QED) is 0.798. The van der Waals surface area contributed by atoms with Crippen LogP contribution in [-0.4, -0.2) is 29.9 Å². The molecule has 0 saturated carbocycles. The second-order valence-corrected chi connectivity index (χ2v) is 7.14. The summed E-state index contributed by atoms with van der Waals surface area (Å²) < 4.78 is 26.7. The molecule has 21 heavy (non-hydrogen) atoms. The molecule has 0 bridgehead atoms. The Labute approximate surface area is 127 Å². The van der Waals surface area contributed by atoms with Crippen molar-refractivity contribution in [2.45, 2.75) is 31.7 Å². The fourth-order valence-corrected chi connectivity index (χ4v) is 3.31. The Morgan fingerprint density at radius 3 is 2.43 bits per heavy atom. The van der Waals surface area contributed by atoms with Gasteiger partial charge in [0.25, 0.3) is 0 Å². The van der Waals surface area contributed by atoms with Crippen molar-refractivity contribution in [3.63, 3.8) is 0 Å². The van der Waals surface area contributed by atoms with Crippen molar-refractivity contribution in [2.75, 3.05) is 11.9 Å². The Morgan fingerprint density at radius 2 is 1.86 bits per heavy atom. The van der Waals surface area contributed by atoms with Crippen molar-refractivity contribution in [1.29, 1.82) is 0 Å². The number of nitrogens with zero attached hydrogens (tertiary/aromatic N) is 3. The molecule has 114 valence electrons. The standard InChI is InChI=1S/C12H17N5O2S2/c1-3-9-5-14-11(20-9)8-17-21(18,19)10-6-15-12(13-4-2)16-7-10/h5-7,17H,3-4,8H2,1-2H3,(H,13,15,16).